The van der Waals surface area contributed by atoms with Crippen LogP contribution >= 0.6 is 0 Å². The zero-order valence-corrected chi connectivity index (χ0v) is 21.0. The van der Waals surface area contributed by atoms with Crippen molar-refractivity contribution in [3.05, 3.63) is 36.5 Å². The van der Waals surface area contributed by atoms with Crippen LogP contribution in [-0.4, -0.2) is 72.1 Å². The molecule has 0 bridgehead atoms. The van der Waals surface area contributed by atoms with Crippen molar-refractivity contribution in [2.45, 2.75) is 57.2 Å². The number of piperidine rings is 1. The standard InChI is InChI=1S/C22H32N8O3S/c1-15-8-23-21(27-20(15)17-9-25-29(12-17)14-22(3,4)31)26-19-6-7-30(11-16(19)2)34(32,33)18-10-24-28(5)13-18/h8-10,12-13,16,19,31H,6-7,11,14H2,1-5H3,(H,23,26,27)/t16-,19+/m1/s1. The molecule has 1 fully saturated rings. The summed E-state index contributed by atoms with van der Waals surface area (Å²) in [6.07, 6.45) is 8.91. The van der Waals surface area contributed by atoms with E-state index < -0.39 is 15.6 Å². The van der Waals surface area contributed by atoms with Crippen LogP contribution in [0.4, 0.5) is 5.95 Å². The van der Waals surface area contributed by atoms with Gasteiger partial charge in [-0.3, -0.25) is 9.36 Å². The topological polar surface area (TPSA) is 131 Å². The molecule has 0 radical (unpaired) electrons. The van der Waals surface area contributed by atoms with Gasteiger partial charge in [0, 0.05) is 50.3 Å². The number of aryl methyl sites for hydroxylation is 2. The summed E-state index contributed by atoms with van der Waals surface area (Å²) in [5, 5.41) is 21.8. The molecule has 34 heavy (non-hydrogen) atoms. The van der Waals surface area contributed by atoms with E-state index in [9.17, 15) is 13.5 Å². The summed E-state index contributed by atoms with van der Waals surface area (Å²) in [4.78, 5) is 9.38. The van der Waals surface area contributed by atoms with Crippen LogP contribution in [0, 0.1) is 12.8 Å². The van der Waals surface area contributed by atoms with E-state index in [1.807, 2.05) is 20.0 Å². The van der Waals surface area contributed by atoms with Crippen LogP contribution in [-0.2, 0) is 23.6 Å². The first-order chi connectivity index (χ1) is 15.9. The highest BCUT2D eigenvalue weighted by molar-refractivity contribution is 7.89. The maximum Gasteiger partial charge on any atom is 0.246 e. The quantitative estimate of drug-likeness (QED) is 0.513. The minimum Gasteiger partial charge on any atom is -0.389 e. The fourth-order valence-corrected chi connectivity index (χ4v) is 5.70. The Morgan fingerprint density at radius 2 is 1.97 bits per heavy atom. The predicted octanol–water partition coefficient (Wildman–Crippen LogP) is 1.66. The highest BCUT2D eigenvalue weighted by atomic mass is 32.2. The first kappa shape index (κ1) is 24.3. The Morgan fingerprint density at radius 3 is 2.62 bits per heavy atom. The number of rotatable bonds is 7. The number of hydrogen-bond acceptors (Lipinski definition) is 8. The van der Waals surface area contributed by atoms with Gasteiger partial charge in [-0.1, -0.05) is 6.92 Å². The predicted molar refractivity (Wildman–Crippen MR) is 127 cm³/mol. The van der Waals surface area contributed by atoms with Crippen molar-refractivity contribution in [1.82, 2.24) is 33.8 Å². The van der Waals surface area contributed by atoms with Gasteiger partial charge in [0.15, 0.2) is 0 Å². The monoisotopic (exact) mass is 488 g/mol. The summed E-state index contributed by atoms with van der Waals surface area (Å²) in [6, 6.07) is 0.0359. The molecule has 1 saturated heterocycles. The van der Waals surface area contributed by atoms with E-state index in [0.717, 1.165) is 16.8 Å². The van der Waals surface area contributed by atoms with Crippen molar-refractivity contribution < 1.29 is 13.5 Å². The fourth-order valence-electron chi connectivity index (χ4n) is 4.16. The Bertz CT molecular complexity index is 1260. The van der Waals surface area contributed by atoms with Crippen LogP contribution in [0.5, 0.6) is 0 Å². The van der Waals surface area contributed by atoms with E-state index in [0.29, 0.717) is 32.0 Å². The largest absolute Gasteiger partial charge is 0.389 e. The molecule has 1 aliphatic heterocycles. The Morgan fingerprint density at radius 1 is 1.21 bits per heavy atom. The summed E-state index contributed by atoms with van der Waals surface area (Å²) in [5.74, 6) is 0.555. The first-order valence-electron chi connectivity index (χ1n) is 11.3. The minimum absolute atomic E-state index is 0.0359. The van der Waals surface area contributed by atoms with Crippen LogP contribution in [0.2, 0.25) is 0 Å². The molecule has 4 heterocycles. The number of sulfonamides is 1. The molecule has 0 unspecified atom stereocenters. The van der Waals surface area contributed by atoms with Gasteiger partial charge in [0.1, 0.15) is 4.90 Å². The van der Waals surface area contributed by atoms with Crippen LogP contribution in [0.25, 0.3) is 11.3 Å². The normalized spacial score (nSPS) is 19.9. The minimum atomic E-state index is -3.57. The Balaban J connectivity index is 1.46. The van der Waals surface area contributed by atoms with E-state index in [-0.39, 0.29) is 16.9 Å². The lowest BCUT2D eigenvalue weighted by Crippen LogP contribution is -2.47. The van der Waals surface area contributed by atoms with E-state index in [2.05, 4.69) is 20.5 Å². The highest BCUT2D eigenvalue weighted by Gasteiger charge is 2.34. The molecule has 3 aromatic heterocycles. The third-order valence-electron chi connectivity index (χ3n) is 5.93. The molecule has 3 aromatic rings. The van der Waals surface area contributed by atoms with Gasteiger partial charge < -0.3 is 10.4 Å². The molecule has 0 aromatic carbocycles. The lowest BCUT2D eigenvalue weighted by Gasteiger charge is -2.36. The molecule has 11 nitrogen and oxygen atoms in total. The summed E-state index contributed by atoms with van der Waals surface area (Å²) >= 11 is 0. The van der Waals surface area contributed by atoms with Gasteiger partial charge in [-0.15, -0.1) is 0 Å². The van der Waals surface area contributed by atoms with E-state index in [4.69, 9.17) is 4.98 Å². The Labute approximate surface area is 199 Å². The maximum atomic E-state index is 12.9. The molecular formula is C22H32N8O3S. The highest BCUT2D eigenvalue weighted by Crippen LogP contribution is 2.27. The lowest BCUT2D eigenvalue weighted by atomic mass is 9.95. The smallest absolute Gasteiger partial charge is 0.246 e. The van der Waals surface area contributed by atoms with Crippen molar-refractivity contribution in [2.75, 3.05) is 18.4 Å². The van der Waals surface area contributed by atoms with Gasteiger partial charge in [0.2, 0.25) is 16.0 Å². The Kier molecular flexibility index (Phi) is 6.49. The third kappa shape index (κ3) is 5.29. The molecule has 12 heteroatoms. The number of nitrogens with zero attached hydrogens (tertiary/aromatic N) is 7. The molecule has 2 N–H and O–H groups in total. The molecule has 1 aliphatic rings. The van der Waals surface area contributed by atoms with Crippen molar-refractivity contribution in [3.63, 3.8) is 0 Å². The fraction of sp³-hybridized carbons (Fsp3) is 0.545. The molecule has 0 aliphatic carbocycles. The van der Waals surface area contributed by atoms with Crippen LogP contribution < -0.4 is 5.32 Å². The second-order valence-corrected chi connectivity index (χ2v) is 11.6. The first-order valence-corrected chi connectivity index (χ1v) is 12.7. The zero-order chi connectivity index (χ0) is 24.7. The van der Waals surface area contributed by atoms with Crippen LogP contribution in [0.15, 0.2) is 35.9 Å². The molecule has 2 atom stereocenters. The van der Waals surface area contributed by atoms with Crippen molar-refractivity contribution in [2.24, 2.45) is 13.0 Å². The van der Waals surface area contributed by atoms with Gasteiger partial charge in [0.25, 0.3) is 0 Å². The summed E-state index contributed by atoms with van der Waals surface area (Å²) < 4.78 is 30.6. The summed E-state index contributed by atoms with van der Waals surface area (Å²) in [6.45, 7) is 8.62. The molecule has 0 spiro atoms. The van der Waals surface area contributed by atoms with Crippen molar-refractivity contribution >= 4 is 16.0 Å². The maximum absolute atomic E-state index is 12.9. The molecular weight excluding hydrogens is 456 g/mol. The average molecular weight is 489 g/mol. The summed E-state index contributed by atoms with van der Waals surface area (Å²) in [5.41, 5.74) is 1.66. The second-order valence-electron chi connectivity index (χ2n) is 9.69. The number of anilines is 1. The number of aliphatic hydroxyl groups is 1. The van der Waals surface area contributed by atoms with E-state index in [1.165, 1.54) is 21.4 Å². The van der Waals surface area contributed by atoms with Crippen LogP contribution in [0.3, 0.4) is 0 Å². The molecule has 0 saturated carbocycles. The van der Waals surface area contributed by atoms with Gasteiger partial charge in [0.05, 0.1) is 30.2 Å². The lowest BCUT2D eigenvalue weighted by molar-refractivity contribution is 0.0577. The second kappa shape index (κ2) is 9.08. The van der Waals surface area contributed by atoms with Crippen molar-refractivity contribution in [1.29, 1.82) is 0 Å². The van der Waals surface area contributed by atoms with Gasteiger partial charge >= 0.3 is 0 Å². The van der Waals surface area contributed by atoms with Gasteiger partial charge in [-0.05, 0) is 38.7 Å². The zero-order valence-electron chi connectivity index (χ0n) is 20.2. The SMILES string of the molecule is Cc1cnc(N[C@H]2CCN(S(=O)(=O)c3cnn(C)c3)C[C@H]2C)nc1-c1cnn(CC(C)(C)O)c1. The van der Waals surface area contributed by atoms with Gasteiger partial charge in [-0.2, -0.15) is 14.5 Å². The van der Waals surface area contributed by atoms with E-state index >= 15 is 0 Å². The number of hydrogen-bond donors (Lipinski definition) is 2. The van der Waals surface area contributed by atoms with Crippen LogP contribution in [0.1, 0.15) is 32.8 Å². The Hall–Kier alpha value is -2.83. The third-order valence-corrected chi connectivity index (χ3v) is 7.75. The average Bonchev–Trinajstić information content (AvgIpc) is 3.39. The number of nitrogens with one attached hydrogen (secondary N) is 1. The number of aromatic nitrogens is 6. The van der Waals surface area contributed by atoms with E-state index in [1.54, 1.807) is 38.0 Å². The molecule has 0 amide bonds. The molecule has 4 rings (SSSR count). The summed E-state index contributed by atoms with van der Waals surface area (Å²) in [7, 11) is -1.87. The van der Waals surface area contributed by atoms with Crippen molar-refractivity contribution in [3.8, 4) is 11.3 Å². The van der Waals surface area contributed by atoms with Gasteiger partial charge in [-0.25, -0.2) is 18.4 Å². The molecule has 184 valence electrons.